The number of hydrogen-bond acceptors (Lipinski definition) is 4. The van der Waals surface area contributed by atoms with Crippen molar-refractivity contribution in [1.29, 1.82) is 0 Å². The lowest BCUT2D eigenvalue weighted by molar-refractivity contribution is 0.246. The van der Waals surface area contributed by atoms with Crippen LogP contribution in [0.2, 0.25) is 0 Å². The first-order valence-corrected chi connectivity index (χ1v) is 9.68. The van der Waals surface area contributed by atoms with E-state index < -0.39 is 10.2 Å². The lowest BCUT2D eigenvalue weighted by Gasteiger charge is -2.34. The van der Waals surface area contributed by atoms with Gasteiger partial charge in [0.25, 0.3) is 10.2 Å². The number of nitrogens with zero attached hydrogens (tertiary/aromatic N) is 1. The molecule has 114 valence electrons. The molecule has 2 atom stereocenters. The highest BCUT2D eigenvalue weighted by Gasteiger charge is 2.31. The van der Waals surface area contributed by atoms with Gasteiger partial charge in [0.2, 0.25) is 0 Å². The molecule has 1 aliphatic heterocycles. The number of likely N-dealkylation sites (N-methyl/N-ethyl adjacent to an activating group) is 1. The summed E-state index contributed by atoms with van der Waals surface area (Å²) in [5.74, 6) is 0. The lowest BCUT2D eigenvalue weighted by atomic mass is 10.1. The molecule has 2 unspecified atom stereocenters. The van der Waals surface area contributed by atoms with Gasteiger partial charge in [0.15, 0.2) is 0 Å². The van der Waals surface area contributed by atoms with Gasteiger partial charge in [0.1, 0.15) is 0 Å². The average Bonchev–Trinajstić information content (AvgIpc) is 2.39. The van der Waals surface area contributed by atoms with Crippen LogP contribution in [0.4, 0.5) is 0 Å². The number of thioether (sulfide) groups is 1. The molecular weight excluding hydrogens is 282 g/mol. The van der Waals surface area contributed by atoms with Crippen molar-refractivity contribution >= 4 is 22.0 Å². The van der Waals surface area contributed by atoms with Crippen molar-refractivity contribution in [3.05, 3.63) is 0 Å². The third-order valence-electron chi connectivity index (χ3n) is 3.56. The van der Waals surface area contributed by atoms with E-state index in [-0.39, 0.29) is 6.04 Å². The van der Waals surface area contributed by atoms with Gasteiger partial charge in [-0.1, -0.05) is 13.3 Å². The van der Waals surface area contributed by atoms with E-state index in [0.717, 1.165) is 32.2 Å². The second-order valence-electron chi connectivity index (χ2n) is 5.05. The standard InChI is InChI=1S/C12H27N3O2S2/c1-11(18-3)7-8-14-19(16,17)15-9-5-4-6-12(15)10-13-2/h11-14H,4-10H2,1-3H3. The number of hydrogen-bond donors (Lipinski definition) is 2. The van der Waals surface area contributed by atoms with Gasteiger partial charge in [-0.25, -0.2) is 4.72 Å². The van der Waals surface area contributed by atoms with Crippen LogP contribution in [-0.4, -0.2) is 57.0 Å². The molecule has 0 aliphatic carbocycles. The van der Waals surface area contributed by atoms with Crippen LogP contribution < -0.4 is 10.0 Å². The summed E-state index contributed by atoms with van der Waals surface area (Å²) < 4.78 is 29.0. The van der Waals surface area contributed by atoms with E-state index in [4.69, 9.17) is 0 Å². The van der Waals surface area contributed by atoms with Gasteiger partial charge < -0.3 is 5.32 Å². The highest BCUT2D eigenvalue weighted by atomic mass is 32.2. The molecule has 1 rings (SSSR count). The predicted octanol–water partition coefficient (Wildman–Crippen LogP) is 1.04. The minimum absolute atomic E-state index is 0.0919. The Balaban J connectivity index is 2.53. The molecule has 0 saturated carbocycles. The zero-order valence-corrected chi connectivity index (χ0v) is 13.8. The molecule has 1 aliphatic rings. The van der Waals surface area contributed by atoms with Crippen LogP contribution in [0.1, 0.15) is 32.6 Å². The second kappa shape index (κ2) is 8.46. The molecule has 2 N–H and O–H groups in total. The Morgan fingerprint density at radius 2 is 2.16 bits per heavy atom. The van der Waals surface area contributed by atoms with E-state index in [1.165, 1.54) is 0 Å². The van der Waals surface area contributed by atoms with E-state index in [1.807, 2.05) is 13.3 Å². The summed E-state index contributed by atoms with van der Waals surface area (Å²) in [5.41, 5.74) is 0. The van der Waals surface area contributed by atoms with Crippen molar-refractivity contribution in [3.8, 4) is 0 Å². The molecule has 1 saturated heterocycles. The molecule has 7 heteroatoms. The van der Waals surface area contributed by atoms with Crippen LogP contribution in [0, 0.1) is 0 Å². The summed E-state index contributed by atoms with van der Waals surface area (Å²) in [6.45, 7) is 4.00. The molecule has 1 fully saturated rings. The van der Waals surface area contributed by atoms with Gasteiger partial charge in [-0.05, 0) is 32.6 Å². The second-order valence-corrected chi connectivity index (χ2v) is 8.04. The Kier molecular flexibility index (Phi) is 7.68. The Hall–Kier alpha value is 0.180. The first-order valence-electron chi connectivity index (χ1n) is 6.95. The highest BCUT2D eigenvalue weighted by Crippen LogP contribution is 2.19. The number of piperidine rings is 1. The third kappa shape index (κ3) is 5.59. The Labute approximate surface area is 122 Å². The smallest absolute Gasteiger partial charge is 0.279 e. The fourth-order valence-corrected chi connectivity index (χ4v) is 4.16. The van der Waals surface area contributed by atoms with Crippen molar-refractivity contribution in [2.45, 2.75) is 43.9 Å². The summed E-state index contributed by atoms with van der Waals surface area (Å²) in [6, 6.07) is 0.0919. The highest BCUT2D eigenvalue weighted by molar-refractivity contribution is 7.99. The molecule has 0 amide bonds. The molecule has 5 nitrogen and oxygen atoms in total. The van der Waals surface area contributed by atoms with Crippen molar-refractivity contribution in [2.75, 3.05) is 32.9 Å². The van der Waals surface area contributed by atoms with Crippen LogP contribution in [0.25, 0.3) is 0 Å². The first kappa shape index (κ1) is 17.2. The van der Waals surface area contributed by atoms with E-state index in [2.05, 4.69) is 17.0 Å². The fraction of sp³-hybridized carbons (Fsp3) is 1.00. The van der Waals surface area contributed by atoms with Crippen LogP contribution in [0.3, 0.4) is 0 Å². The molecule has 19 heavy (non-hydrogen) atoms. The van der Waals surface area contributed by atoms with Gasteiger partial charge in [-0.2, -0.15) is 24.5 Å². The zero-order chi connectivity index (χ0) is 14.3. The number of rotatable bonds is 8. The normalized spacial score (nSPS) is 23.4. The predicted molar refractivity (Wildman–Crippen MR) is 82.8 cm³/mol. The summed E-state index contributed by atoms with van der Waals surface area (Å²) in [4.78, 5) is 0. The summed E-state index contributed by atoms with van der Waals surface area (Å²) in [5, 5.41) is 3.57. The molecule has 0 spiro atoms. The maximum Gasteiger partial charge on any atom is 0.279 e. The van der Waals surface area contributed by atoms with E-state index in [1.54, 1.807) is 16.1 Å². The quantitative estimate of drug-likeness (QED) is 0.703. The Bertz CT molecular complexity index is 347. The van der Waals surface area contributed by atoms with E-state index in [9.17, 15) is 8.42 Å². The SMILES string of the molecule is CNCC1CCCCN1S(=O)(=O)NCCC(C)SC. The molecule has 0 aromatic carbocycles. The summed E-state index contributed by atoms with van der Waals surface area (Å²) in [6.07, 6.45) is 5.94. The monoisotopic (exact) mass is 309 g/mol. The van der Waals surface area contributed by atoms with Crippen molar-refractivity contribution in [1.82, 2.24) is 14.3 Å². The minimum Gasteiger partial charge on any atom is -0.318 e. The summed E-state index contributed by atoms with van der Waals surface area (Å²) in [7, 11) is -1.46. The van der Waals surface area contributed by atoms with Crippen LogP contribution >= 0.6 is 11.8 Å². The lowest BCUT2D eigenvalue weighted by Crippen LogP contribution is -2.52. The molecule has 0 aromatic rings. The maximum absolute atomic E-state index is 12.3. The third-order valence-corrected chi connectivity index (χ3v) is 6.27. The largest absolute Gasteiger partial charge is 0.318 e. The molecule has 0 bridgehead atoms. The number of nitrogens with one attached hydrogen (secondary N) is 2. The molecule has 1 heterocycles. The van der Waals surface area contributed by atoms with Gasteiger partial charge in [-0.15, -0.1) is 0 Å². The van der Waals surface area contributed by atoms with Gasteiger partial charge in [-0.3, -0.25) is 0 Å². The van der Waals surface area contributed by atoms with Crippen LogP contribution in [-0.2, 0) is 10.2 Å². The van der Waals surface area contributed by atoms with Gasteiger partial charge in [0, 0.05) is 30.9 Å². The Morgan fingerprint density at radius 3 is 2.79 bits per heavy atom. The van der Waals surface area contributed by atoms with Gasteiger partial charge in [0.05, 0.1) is 0 Å². The zero-order valence-electron chi connectivity index (χ0n) is 12.2. The topological polar surface area (TPSA) is 61.4 Å². The van der Waals surface area contributed by atoms with Crippen molar-refractivity contribution < 1.29 is 8.42 Å². The van der Waals surface area contributed by atoms with E-state index >= 15 is 0 Å². The Morgan fingerprint density at radius 1 is 1.42 bits per heavy atom. The van der Waals surface area contributed by atoms with Gasteiger partial charge >= 0.3 is 0 Å². The van der Waals surface area contributed by atoms with Crippen LogP contribution in [0.5, 0.6) is 0 Å². The van der Waals surface area contributed by atoms with Crippen molar-refractivity contribution in [2.24, 2.45) is 0 Å². The fourth-order valence-electron chi connectivity index (χ4n) is 2.32. The van der Waals surface area contributed by atoms with Crippen LogP contribution in [0.15, 0.2) is 0 Å². The summed E-state index contributed by atoms with van der Waals surface area (Å²) >= 11 is 1.76. The van der Waals surface area contributed by atoms with Crippen molar-refractivity contribution in [3.63, 3.8) is 0 Å². The molecular formula is C12H27N3O2S2. The maximum atomic E-state index is 12.3. The van der Waals surface area contributed by atoms with E-state index in [0.29, 0.717) is 18.3 Å². The average molecular weight is 310 g/mol. The molecule has 0 radical (unpaired) electrons. The molecule has 0 aromatic heterocycles. The minimum atomic E-state index is -3.32. The first-order chi connectivity index (χ1) is 9.01.